The molecule has 0 fully saturated rings. The van der Waals surface area contributed by atoms with Crippen LogP contribution in [0.2, 0.25) is 0 Å². The lowest BCUT2D eigenvalue weighted by Gasteiger charge is -2.22. The van der Waals surface area contributed by atoms with Crippen LogP contribution in [-0.4, -0.2) is 34.9 Å². The van der Waals surface area contributed by atoms with E-state index in [0.29, 0.717) is 12.8 Å². The molecule has 0 heterocycles. The molecular weight excluding hydrogens is 879 g/mol. The monoisotopic (exact) mass is 1000 g/mol. The van der Waals surface area contributed by atoms with E-state index in [4.69, 9.17) is 0 Å². The highest BCUT2D eigenvalue weighted by molar-refractivity contribution is 5.76. The minimum Gasteiger partial charge on any atom is -0.394 e. The molecule has 0 rings (SSSR count). The number of nitrogens with one attached hydrogen (secondary N) is 1. The molecule has 2 atom stereocenters. The summed E-state index contributed by atoms with van der Waals surface area (Å²) in [5, 5.41) is 23.4. The lowest BCUT2D eigenvalue weighted by Crippen LogP contribution is -2.45. The van der Waals surface area contributed by atoms with Crippen LogP contribution < -0.4 is 5.32 Å². The van der Waals surface area contributed by atoms with Gasteiger partial charge in [-0.2, -0.15) is 0 Å². The number of amides is 1. The maximum absolute atomic E-state index is 12.5. The SMILES string of the molecule is CC/C=C\C/C=C\C/C=C\C/C=C\C/C=C\C/C=C\CCCCCCCCCCCCC(=O)NC(CO)C(O)CCCCCCCCCCCCCCCCCCCCCCCCCCCCCCCCC. The van der Waals surface area contributed by atoms with Crippen LogP contribution >= 0.6 is 0 Å². The molecule has 0 radical (unpaired) electrons. The van der Waals surface area contributed by atoms with E-state index in [9.17, 15) is 15.0 Å². The first-order chi connectivity index (χ1) is 35.7. The number of aliphatic hydroxyl groups excluding tert-OH is 2. The first-order valence-electron chi connectivity index (χ1n) is 32.1. The van der Waals surface area contributed by atoms with Crippen molar-refractivity contribution >= 4 is 5.91 Å². The smallest absolute Gasteiger partial charge is 0.220 e. The average molecular weight is 1000 g/mol. The number of allylic oxidation sites excluding steroid dienone is 12. The molecule has 2 unspecified atom stereocenters. The predicted octanol–water partition coefficient (Wildman–Crippen LogP) is 21.7. The van der Waals surface area contributed by atoms with E-state index in [1.807, 2.05) is 0 Å². The summed E-state index contributed by atoms with van der Waals surface area (Å²) in [7, 11) is 0. The van der Waals surface area contributed by atoms with Gasteiger partial charge in [-0.15, -0.1) is 0 Å². The van der Waals surface area contributed by atoms with Crippen LogP contribution in [0.3, 0.4) is 0 Å². The summed E-state index contributed by atoms with van der Waals surface area (Å²) in [5.41, 5.74) is 0. The number of unbranched alkanes of at least 4 members (excludes halogenated alkanes) is 40. The zero-order valence-corrected chi connectivity index (χ0v) is 48.4. The van der Waals surface area contributed by atoms with E-state index in [0.717, 1.165) is 64.2 Å². The molecule has 0 saturated heterocycles. The fraction of sp³-hybridized carbons (Fsp3) is 0.809. The number of carbonyl (C=O) groups excluding carboxylic acids is 1. The molecule has 0 aromatic rings. The van der Waals surface area contributed by atoms with Gasteiger partial charge in [-0.1, -0.05) is 337 Å². The Kier molecular flexibility index (Phi) is 61.2. The van der Waals surface area contributed by atoms with Crippen LogP contribution in [0.15, 0.2) is 72.9 Å². The molecule has 0 aliphatic heterocycles. The van der Waals surface area contributed by atoms with Crippen LogP contribution in [0.5, 0.6) is 0 Å². The van der Waals surface area contributed by atoms with Gasteiger partial charge in [-0.3, -0.25) is 4.79 Å². The zero-order valence-electron chi connectivity index (χ0n) is 48.4. The van der Waals surface area contributed by atoms with Gasteiger partial charge in [-0.25, -0.2) is 0 Å². The summed E-state index contributed by atoms with van der Waals surface area (Å²) < 4.78 is 0. The largest absolute Gasteiger partial charge is 0.394 e. The van der Waals surface area contributed by atoms with Crippen molar-refractivity contribution < 1.29 is 15.0 Å². The molecule has 0 bridgehead atoms. The van der Waals surface area contributed by atoms with Crippen molar-refractivity contribution in [1.29, 1.82) is 0 Å². The third kappa shape index (κ3) is 58.7. The van der Waals surface area contributed by atoms with Gasteiger partial charge in [0, 0.05) is 6.42 Å². The van der Waals surface area contributed by atoms with E-state index in [1.165, 1.54) is 244 Å². The second-order valence-electron chi connectivity index (χ2n) is 21.8. The Hall–Kier alpha value is -2.17. The quantitative estimate of drug-likeness (QED) is 0.0420. The maximum Gasteiger partial charge on any atom is 0.220 e. The number of rotatable bonds is 59. The molecular formula is C68H125NO3. The minimum atomic E-state index is -0.667. The minimum absolute atomic E-state index is 0.0342. The third-order valence-electron chi connectivity index (χ3n) is 14.7. The van der Waals surface area contributed by atoms with Gasteiger partial charge in [0.25, 0.3) is 0 Å². The second kappa shape index (κ2) is 63.1. The molecule has 72 heavy (non-hydrogen) atoms. The first kappa shape index (κ1) is 69.8. The highest BCUT2D eigenvalue weighted by Crippen LogP contribution is 2.18. The molecule has 0 aromatic carbocycles. The number of hydrogen-bond acceptors (Lipinski definition) is 3. The summed E-state index contributed by atoms with van der Waals surface area (Å²) in [6.45, 7) is 4.27. The molecule has 3 N–H and O–H groups in total. The van der Waals surface area contributed by atoms with Crippen molar-refractivity contribution in [3.8, 4) is 0 Å². The Bertz CT molecular complexity index is 1230. The van der Waals surface area contributed by atoms with E-state index in [1.54, 1.807) is 0 Å². The Balaban J connectivity index is 3.46. The molecule has 0 saturated carbocycles. The van der Waals surface area contributed by atoms with Crippen LogP contribution in [-0.2, 0) is 4.79 Å². The summed E-state index contributed by atoms with van der Waals surface area (Å²) in [4.78, 5) is 12.5. The molecule has 4 heteroatoms. The van der Waals surface area contributed by atoms with Gasteiger partial charge < -0.3 is 15.5 Å². The van der Waals surface area contributed by atoms with Crippen LogP contribution in [0.25, 0.3) is 0 Å². The van der Waals surface area contributed by atoms with E-state index in [-0.39, 0.29) is 12.5 Å². The van der Waals surface area contributed by atoms with E-state index >= 15 is 0 Å². The highest BCUT2D eigenvalue weighted by atomic mass is 16.3. The topological polar surface area (TPSA) is 69.6 Å². The molecule has 0 aliphatic rings. The van der Waals surface area contributed by atoms with Crippen molar-refractivity contribution in [2.45, 2.75) is 347 Å². The third-order valence-corrected chi connectivity index (χ3v) is 14.7. The Morgan fingerprint density at radius 2 is 0.611 bits per heavy atom. The molecule has 1 amide bonds. The van der Waals surface area contributed by atoms with Crippen LogP contribution in [0.4, 0.5) is 0 Å². The zero-order chi connectivity index (χ0) is 52.0. The molecule has 0 aliphatic carbocycles. The van der Waals surface area contributed by atoms with Crippen molar-refractivity contribution in [3.63, 3.8) is 0 Å². The van der Waals surface area contributed by atoms with E-state index < -0.39 is 12.1 Å². The Morgan fingerprint density at radius 3 is 0.917 bits per heavy atom. The van der Waals surface area contributed by atoms with Gasteiger partial charge in [0.2, 0.25) is 5.91 Å². The normalized spacial score (nSPS) is 13.2. The fourth-order valence-corrected chi connectivity index (χ4v) is 9.90. The van der Waals surface area contributed by atoms with E-state index in [2.05, 4.69) is 92.1 Å². The first-order valence-corrected chi connectivity index (χ1v) is 32.1. The van der Waals surface area contributed by atoms with Crippen molar-refractivity contribution in [1.82, 2.24) is 5.32 Å². The van der Waals surface area contributed by atoms with Gasteiger partial charge in [0.15, 0.2) is 0 Å². The number of hydrogen-bond donors (Lipinski definition) is 3. The molecule has 4 nitrogen and oxygen atoms in total. The highest BCUT2D eigenvalue weighted by Gasteiger charge is 2.20. The van der Waals surface area contributed by atoms with Gasteiger partial charge in [-0.05, 0) is 64.2 Å². The van der Waals surface area contributed by atoms with Gasteiger partial charge in [0.1, 0.15) is 0 Å². The lowest BCUT2D eigenvalue weighted by atomic mass is 10.0. The maximum atomic E-state index is 12.5. The number of aliphatic hydroxyl groups is 2. The van der Waals surface area contributed by atoms with Gasteiger partial charge >= 0.3 is 0 Å². The fourth-order valence-electron chi connectivity index (χ4n) is 9.90. The summed E-state index contributed by atoms with van der Waals surface area (Å²) >= 11 is 0. The summed E-state index contributed by atoms with van der Waals surface area (Å²) in [5.74, 6) is -0.0342. The molecule has 0 spiro atoms. The van der Waals surface area contributed by atoms with Crippen LogP contribution in [0.1, 0.15) is 335 Å². The lowest BCUT2D eigenvalue weighted by molar-refractivity contribution is -0.123. The molecule has 420 valence electrons. The molecule has 0 aromatic heterocycles. The summed E-state index contributed by atoms with van der Waals surface area (Å²) in [6, 6.07) is -0.545. The van der Waals surface area contributed by atoms with Crippen molar-refractivity contribution in [2.24, 2.45) is 0 Å². The number of carbonyl (C=O) groups is 1. The van der Waals surface area contributed by atoms with Crippen molar-refractivity contribution in [2.75, 3.05) is 6.61 Å². The Labute approximate surface area is 450 Å². The predicted molar refractivity (Wildman–Crippen MR) is 322 cm³/mol. The van der Waals surface area contributed by atoms with Crippen LogP contribution in [0, 0.1) is 0 Å². The Morgan fingerprint density at radius 1 is 0.347 bits per heavy atom. The summed E-state index contributed by atoms with van der Waals surface area (Å²) in [6.07, 6.45) is 90.7. The van der Waals surface area contributed by atoms with Gasteiger partial charge in [0.05, 0.1) is 18.8 Å². The average Bonchev–Trinajstić information content (AvgIpc) is 3.39. The van der Waals surface area contributed by atoms with Crippen molar-refractivity contribution in [3.05, 3.63) is 72.9 Å². The second-order valence-corrected chi connectivity index (χ2v) is 21.8. The standard InChI is InChI=1S/C68H125NO3/c1-3-5-7-9-11-13-15-17-19-21-23-25-27-29-31-33-34-36-37-39-41-43-45-47-49-51-53-55-57-59-61-63-67(71)66(65-70)69-68(72)64-62-60-58-56-54-52-50-48-46-44-42-40-38-35-32-30-28-26-24-22-20-18-16-14-12-10-8-6-4-2/h6,8,12,14,18,20,24,26,30,32,38,40,66-67,70-71H,3-5,7,9-11,13,15-17,19,21-23,25,27-29,31,33-37,39,41-65H2,1-2H3,(H,69,72)/b8-6-,14-12-,20-18-,26-24-,32-30-,40-38-.